The molecule has 7 aliphatic carbocycles. The van der Waals surface area contributed by atoms with Gasteiger partial charge in [-0.25, -0.2) is 4.39 Å². The fourth-order valence-electron chi connectivity index (χ4n) is 7.46. The first-order chi connectivity index (χ1) is 11.7. The monoisotopic (exact) mass is 327 g/mol. The predicted octanol–water partition coefficient (Wildman–Crippen LogP) is 2.46. The molecule has 8 bridgehead atoms. The van der Waals surface area contributed by atoms with Gasteiger partial charge in [-0.15, -0.1) is 0 Å². The lowest BCUT2D eigenvalue weighted by atomic mass is 9.61. The van der Waals surface area contributed by atoms with Crippen LogP contribution in [0, 0.1) is 59.1 Å². The number of methoxy groups -OCH3 is 1. The lowest BCUT2D eigenvalue weighted by Gasteiger charge is -2.46. The molecule has 126 valence electrons. The molecule has 7 saturated carbocycles. The van der Waals surface area contributed by atoms with E-state index in [-0.39, 0.29) is 23.7 Å². The molecule has 6 unspecified atom stereocenters. The number of nitrogens with one attached hydrogen (secondary N) is 1. The summed E-state index contributed by atoms with van der Waals surface area (Å²) in [5, 5.41) is 3.69. The number of hydrogen-bond acceptors (Lipinski definition) is 3. The first-order valence-corrected chi connectivity index (χ1v) is 9.26. The molecule has 1 aromatic carbocycles. The van der Waals surface area contributed by atoms with E-state index in [4.69, 9.17) is 4.74 Å². The zero-order valence-corrected chi connectivity index (χ0v) is 13.7. The summed E-state index contributed by atoms with van der Waals surface area (Å²) in [5.74, 6) is 6.16. The predicted molar refractivity (Wildman–Crippen MR) is 85.1 cm³/mol. The Bertz CT molecular complexity index is 697. The number of halogens is 1. The van der Waals surface area contributed by atoms with E-state index in [0.717, 1.165) is 41.1 Å². The van der Waals surface area contributed by atoms with Crippen LogP contribution in [0.2, 0.25) is 0 Å². The summed E-state index contributed by atoms with van der Waals surface area (Å²) in [6, 6.07) is 6.91. The van der Waals surface area contributed by atoms with E-state index in [1.54, 1.807) is 0 Å². The van der Waals surface area contributed by atoms with E-state index < -0.39 is 0 Å². The smallest absolute Gasteiger partial charge is 0.310 e. The van der Waals surface area contributed by atoms with Crippen molar-refractivity contribution in [1.82, 2.24) is 5.32 Å². The topological polar surface area (TPSA) is 38.3 Å². The molecule has 24 heavy (non-hydrogen) atoms. The van der Waals surface area contributed by atoms with Gasteiger partial charge in [0.2, 0.25) is 0 Å². The van der Waals surface area contributed by atoms with E-state index in [1.807, 2.05) is 12.1 Å². The van der Waals surface area contributed by atoms with E-state index in [9.17, 15) is 9.18 Å². The highest BCUT2D eigenvalue weighted by molar-refractivity contribution is 5.75. The van der Waals surface area contributed by atoms with Crippen molar-refractivity contribution in [1.29, 1.82) is 0 Å². The summed E-state index contributed by atoms with van der Waals surface area (Å²) in [5.41, 5.74) is 1.08. The Morgan fingerprint density at radius 3 is 2.33 bits per heavy atom. The van der Waals surface area contributed by atoms with Crippen LogP contribution in [-0.2, 0) is 16.1 Å². The van der Waals surface area contributed by atoms with E-state index in [0.29, 0.717) is 18.4 Å². The second kappa shape index (κ2) is 4.40. The van der Waals surface area contributed by atoms with E-state index in [1.165, 1.54) is 25.7 Å². The molecule has 8 rings (SSSR count). The maximum absolute atomic E-state index is 13.1. The lowest BCUT2D eigenvalue weighted by molar-refractivity contribution is -0.154. The zero-order valence-electron chi connectivity index (χ0n) is 13.7. The summed E-state index contributed by atoms with van der Waals surface area (Å²) in [7, 11) is 1.52. The highest BCUT2D eigenvalue weighted by atomic mass is 19.1. The Hall–Kier alpha value is -1.42. The first-order valence-electron chi connectivity index (χ1n) is 9.26. The maximum Gasteiger partial charge on any atom is 0.310 e. The molecule has 4 heteroatoms. The molecule has 7 fully saturated rings. The molecule has 3 nitrogen and oxygen atoms in total. The van der Waals surface area contributed by atoms with Gasteiger partial charge in [-0.1, -0.05) is 12.1 Å². The summed E-state index contributed by atoms with van der Waals surface area (Å²) in [4.78, 5) is 12.6. The summed E-state index contributed by atoms with van der Waals surface area (Å²) in [6.45, 7) is 0.700. The number of fused-ring (bicyclic) bond motifs is 1. The fourth-order valence-corrected chi connectivity index (χ4v) is 7.46. The SMILES string of the molecule is COC(=O)[C@@H]1C2C3C4CC5C2C5C(C43)[C@@H]1NCc1ccc(F)cc1. The van der Waals surface area contributed by atoms with Crippen molar-refractivity contribution in [2.75, 3.05) is 7.11 Å². The minimum absolute atomic E-state index is 0.0169. The van der Waals surface area contributed by atoms with E-state index in [2.05, 4.69) is 5.32 Å². The van der Waals surface area contributed by atoms with Crippen molar-refractivity contribution in [3.8, 4) is 0 Å². The number of hydrogen-bond donors (Lipinski definition) is 1. The van der Waals surface area contributed by atoms with Gasteiger partial charge >= 0.3 is 5.97 Å². The minimum atomic E-state index is -0.204. The maximum atomic E-state index is 13.1. The van der Waals surface area contributed by atoms with Crippen LogP contribution in [0.25, 0.3) is 0 Å². The van der Waals surface area contributed by atoms with Crippen LogP contribution < -0.4 is 5.32 Å². The molecule has 1 aromatic rings. The Labute approximate surface area is 141 Å². The number of benzene rings is 1. The van der Waals surface area contributed by atoms with Gasteiger partial charge < -0.3 is 10.1 Å². The number of esters is 1. The average molecular weight is 327 g/mol. The van der Waals surface area contributed by atoms with Crippen LogP contribution in [-0.4, -0.2) is 19.1 Å². The van der Waals surface area contributed by atoms with Gasteiger partial charge in [0.1, 0.15) is 5.82 Å². The standard InChI is InChI=1S/C20H22FNO2/c1-24-20(23)18-16-12-10-6-11-13(16)15(11)17(14(10)12)19(18)22-7-8-2-4-9(21)5-3-8/h2-5,10-19,22H,6-7H2,1H3/t10?,11?,12?,13?,14?,15?,16?,17?,18-,19+/m1/s1. The van der Waals surface area contributed by atoms with Crippen molar-refractivity contribution < 1.29 is 13.9 Å². The number of rotatable bonds is 4. The Kier molecular flexibility index (Phi) is 2.53. The van der Waals surface area contributed by atoms with Gasteiger partial charge in [-0.05, 0) is 71.5 Å². The Morgan fingerprint density at radius 1 is 1.08 bits per heavy atom. The number of carbonyl (C=O) groups is 1. The molecule has 0 spiro atoms. The third kappa shape index (κ3) is 1.54. The second-order valence-corrected chi connectivity index (χ2v) is 8.61. The second-order valence-electron chi connectivity index (χ2n) is 8.61. The molecule has 0 heterocycles. The largest absolute Gasteiger partial charge is 0.469 e. The molecule has 7 aliphatic rings. The van der Waals surface area contributed by atoms with Crippen molar-refractivity contribution in [2.24, 2.45) is 53.3 Å². The van der Waals surface area contributed by atoms with Crippen LogP contribution in [0.15, 0.2) is 24.3 Å². The Morgan fingerprint density at radius 2 is 1.71 bits per heavy atom. The molecule has 1 N–H and O–H groups in total. The molecule has 0 radical (unpaired) electrons. The molecule has 8 atom stereocenters. The van der Waals surface area contributed by atoms with Gasteiger partial charge in [0.05, 0.1) is 13.0 Å². The van der Waals surface area contributed by atoms with Crippen LogP contribution >= 0.6 is 0 Å². The third-order valence-electron chi connectivity index (χ3n) is 8.05. The van der Waals surface area contributed by atoms with Gasteiger partial charge in [0.25, 0.3) is 0 Å². The van der Waals surface area contributed by atoms with Crippen molar-refractivity contribution in [3.05, 3.63) is 35.6 Å². The van der Waals surface area contributed by atoms with Gasteiger partial charge in [-0.2, -0.15) is 0 Å². The van der Waals surface area contributed by atoms with Crippen LogP contribution in [0.1, 0.15) is 12.0 Å². The Balaban J connectivity index is 1.29. The van der Waals surface area contributed by atoms with Crippen molar-refractivity contribution in [2.45, 2.75) is 19.0 Å². The average Bonchev–Trinajstić information content (AvgIpc) is 3.51. The molecule has 0 aliphatic heterocycles. The molecule has 0 amide bonds. The third-order valence-corrected chi connectivity index (χ3v) is 8.05. The molecule has 0 saturated heterocycles. The van der Waals surface area contributed by atoms with Crippen LogP contribution in [0.4, 0.5) is 4.39 Å². The summed E-state index contributed by atoms with van der Waals surface area (Å²) < 4.78 is 18.3. The molecular formula is C20H22FNO2. The fraction of sp³-hybridized carbons (Fsp3) is 0.650. The van der Waals surface area contributed by atoms with Crippen LogP contribution in [0.3, 0.4) is 0 Å². The van der Waals surface area contributed by atoms with E-state index >= 15 is 0 Å². The normalized spacial score (nSPS) is 51.2. The summed E-state index contributed by atoms with van der Waals surface area (Å²) in [6.07, 6.45) is 1.43. The number of ether oxygens (including phenoxy) is 1. The zero-order chi connectivity index (χ0) is 16.2. The van der Waals surface area contributed by atoms with Crippen molar-refractivity contribution in [3.63, 3.8) is 0 Å². The highest BCUT2D eigenvalue weighted by Gasteiger charge is 2.84. The first kappa shape index (κ1) is 13.8. The summed E-state index contributed by atoms with van der Waals surface area (Å²) >= 11 is 0. The molecule has 0 aromatic heterocycles. The van der Waals surface area contributed by atoms with Gasteiger partial charge in [0, 0.05) is 12.6 Å². The van der Waals surface area contributed by atoms with Gasteiger partial charge in [0.15, 0.2) is 0 Å². The highest BCUT2D eigenvalue weighted by Crippen LogP contribution is 2.86. The quantitative estimate of drug-likeness (QED) is 0.864. The van der Waals surface area contributed by atoms with Crippen LogP contribution in [0.5, 0.6) is 0 Å². The van der Waals surface area contributed by atoms with Crippen molar-refractivity contribution >= 4 is 5.97 Å². The minimum Gasteiger partial charge on any atom is -0.469 e. The lowest BCUT2D eigenvalue weighted by Crippen LogP contribution is -2.57. The number of carbonyl (C=O) groups excluding carboxylic acids is 1. The van der Waals surface area contributed by atoms with Gasteiger partial charge in [-0.3, -0.25) is 4.79 Å². The molecular weight excluding hydrogens is 305 g/mol.